The molecule has 5 nitrogen and oxygen atoms in total. The molecule has 1 fully saturated rings. The zero-order valence-corrected chi connectivity index (χ0v) is 16.7. The number of benzene rings is 1. The van der Waals surface area contributed by atoms with E-state index in [1.54, 1.807) is 12.3 Å². The Morgan fingerprint density at radius 1 is 1.22 bits per heavy atom. The van der Waals surface area contributed by atoms with Crippen molar-refractivity contribution < 1.29 is 14.3 Å². The maximum Gasteiger partial charge on any atom is 0.358 e. The lowest BCUT2D eigenvalue weighted by atomic mass is 9.95. The van der Waals surface area contributed by atoms with Crippen LogP contribution in [0.3, 0.4) is 0 Å². The molecule has 1 amide bonds. The molecule has 0 spiro atoms. The summed E-state index contributed by atoms with van der Waals surface area (Å²) in [5.41, 5.74) is 2.47. The molecule has 0 aliphatic heterocycles. The fraction of sp³-hybridized carbons (Fsp3) is 0.476. The lowest BCUT2D eigenvalue weighted by Crippen LogP contribution is -2.42. The number of hydrogen-bond acceptors (Lipinski definition) is 5. The summed E-state index contributed by atoms with van der Waals surface area (Å²) in [6.45, 7) is 3.71. The molecule has 1 aromatic carbocycles. The third kappa shape index (κ3) is 5.16. The van der Waals surface area contributed by atoms with Crippen LogP contribution in [0.1, 0.15) is 62.0 Å². The number of ether oxygens (including phenoxy) is 1. The Labute approximate surface area is 164 Å². The topological polar surface area (TPSA) is 68.3 Å². The normalized spacial score (nSPS) is 15.9. The molecule has 1 saturated carbocycles. The van der Waals surface area contributed by atoms with E-state index in [-0.39, 0.29) is 17.6 Å². The fourth-order valence-corrected chi connectivity index (χ4v) is 4.02. The monoisotopic (exact) mass is 386 g/mol. The summed E-state index contributed by atoms with van der Waals surface area (Å²) in [5.74, 6) is -0.796. The zero-order chi connectivity index (χ0) is 19.2. The number of nitrogens with one attached hydrogen (secondary N) is 1. The van der Waals surface area contributed by atoms with Crippen molar-refractivity contribution >= 4 is 23.2 Å². The SMILES string of the molecule is CCc1ccc(-c2nc(C(=O)O[C@H](C)C(=O)NC3CCCCC3)cs2)cc1. The first-order chi connectivity index (χ1) is 13.1. The van der Waals surface area contributed by atoms with Gasteiger partial charge in [0.15, 0.2) is 11.8 Å². The smallest absolute Gasteiger partial charge is 0.358 e. The van der Waals surface area contributed by atoms with Gasteiger partial charge in [-0.2, -0.15) is 0 Å². The molecule has 1 heterocycles. The molecule has 0 bridgehead atoms. The number of esters is 1. The van der Waals surface area contributed by atoms with E-state index in [0.29, 0.717) is 0 Å². The first kappa shape index (κ1) is 19.5. The second-order valence-electron chi connectivity index (χ2n) is 6.98. The second kappa shape index (κ2) is 9.13. The number of carbonyl (C=O) groups is 2. The highest BCUT2D eigenvalue weighted by Crippen LogP contribution is 2.25. The number of rotatable bonds is 6. The van der Waals surface area contributed by atoms with E-state index in [2.05, 4.69) is 29.4 Å². The maximum atomic E-state index is 12.3. The van der Waals surface area contributed by atoms with Crippen molar-refractivity contribution in [3.05, 3.63) is 40.9 Å². The minimum Gasteiger partial charge on any atom is -0.448 e. The molecule has 0 unspecified atom stereocenters. The van der Waals surface area contributed by atoms with Crippen molar-refractivity contribution in [1.29, 1.82) is 0 Å². The van der Waals surface area contributed by atoms with Crippen molar-refractivity contribution in [3.63, 3.8) is 0 Å². The molecule has 0 radical (unpaired) electrons. The number of carbonyl (C=O) groups excluding carboxylic acids is 2. The van der Waals surface area contributed by atoms with Crippen molar-refractivity contribution in [2.24, 2.45) is 0 Å². The first-order valence-corrected chi connectivity index (χ1v) is 10.5. The lowest BCUT2D eigenvalue weighted by Gasteiger charge is -2.24. The van der Waals surface area contributed by atoms with Crippen molar-refractivity contribution in [2.75, 3.05) is 0 Å². The summed E-state index contributed by atoms with van der Waals surface area (Å²) in [4.78, 5) is 29.0. The van der Waals surface area contributed by atoms with Gasteiger partial charge in [0.25, 0.3) is 5.91 Å². The van der Waals surface area contributed by atoms with Gasteiger partial charge in [-0.05, 0) is 31.7 Å². The number of thiazole rings is 1. The van der Waals surface area contributed by atoms with E-state index < -0.39 is 12.1 Å². The predicted molar refractivity (Wildman–Crippen MR) is 107 cm³/mol. The minimum absolute atomic E-state index is 0.198. The van der Waals surface area contributed by atoms with Crippen LogP contribution in [0.25, 0.3) is 10.6 Å². The van der Waals surface area contributed by atoms with Crippen molar-refractivity contribution in [2.45, 2.75) is 64.5 Å². The molecule has 144 valence electrons. The highest BCUT2D eigenvalue weighted by atomic mass is 32.1. The van der Waals surface area contributed by atoms with Gasteiger partial charge in [-0.15, -0.1) is 11.3 Å². The van der Waals surface area contributed by atoms with Gasteiger partial charge >= 0.3 is 5.97 Å². The average Bonchev–Trinajstić information content (AvgIpc) is 3.19. The Morgan fingerprint density at radius 3 is 2.59 bits per heavy atom. The molecule has 1 aromatic heterocycles. The molecule has 1 atom stereocenters. The van der Waals surface area contributed by atoms with Crippen molar-refractivity contribution in [3.8, 4) is 10.6 Å². The predicted octanol–water partition coefficient (Wildman–Crippen LogP) is 4.37. The summed E-state index contributed by atoms with van der Waals surface area (Å²) in [6.07, 6.45) is 5.66. The summed E-state index contributed by atoms with van der Waals surface area (Å²) in [5, 5.41) is 5.43. The molecule has 6 heteroatoms. The van der Waals surface area contributed by atoms with E-state index >= 15 is 0 Å². The number of hydrogen-bond donors (Lipinski definition) is 1. The Hall–Kier alpha value is -2.21. The van der Waals surface area contributed by atoms with Gasteiger partial charge in [0.1, 0.15) is 5.01 Å². The molecule has 27 heavy (non-hydrogen) atoms. The van der Waals surface area contributed by atoms with E-state index in [1.807, 2.05) is 12.1 Å². The summed E-state index contributed by atoms with van der Waals surface area (Å²) in [7, 11) is 0. The number of aryl methyl sites for hydroxylation is 1. The van der Waals surface area contributed by atoms with Crippen LogP contribution in [0.4, 0.5) is 0 Å². The van der Waals surface area contributed by atoms with Gasteiger partial charge in [0.2, 0.25) is 0 Å². The number of nitrogens with zero attached hydrogens (tertiary/aromatic N) is 1. The van der Waals surface area contributed by atoms with E-state index in [1.165, 1.54) is 23.3 Å². The van der Waals surface area contributed by atoms with Crippen LogP contribution in [0.2, 0.25) is 0 Å². The van der Waals surface area contributed by atoms with Crippen LogP contribution < -0.4 is 5.32 Å². The number of aromatic nitrogens is 1. The van der Waals surface area contributed by atoms with E-state index in [4.69, 9.17) is 4.74 Å². The lowest BCUT2D eigenvalue weighted by molar-refractivity contribution is -0.130. The molecule has 3 rings (SSSR count). The Kier molecular flexibility index (Phi) is 6.61. The van der Waals surface area contributed by atoms with Gasteiger partial charge < -0.3 is 10.1 Å². The Bertz CT molecular complexity index is 779. The highest BCUT2D eigenvalue weighted by molar-refractivity contribution is 7.13. The quantitative estimate of drug-likeness (QED) is 0.749. The van der Waals surface area contributed by atoms with Gasteiger partial charge in [0.05, 0.1) is 0 Å². The number of amides is 1. The molecule has 0 saturated heterocycles. The Balaban J connectivity index is 1.57. The standard InChI is InChI=1S/C21H26N2O3S/c1-3-15-9-11-16(12-10-15)20-23-18(13-27-20)21(25)26-14(2)19(24)22-17-7-5-4-6-8-17/h9-14,17H,3-8H2,1-2H3,(H,22,24)/t14-/m1/s1. The molecular formula is C21H26N2O3S. The van der Waals surface area contributed by atoms with Gasteiger partial charge in [0, 0.05) is 17.0 Å². The third-order valence-corrected chi connectivity index (χ3v) is 5.82. The second-order valence-corrected chi connectivity index (χ2v) is 7.84. The van der Waals surface area contributed by atoms with Crippen LogP contribution in [-0.4, -0.2) is 29.0 Å². The fourth-order valence-electron chi connectivity index (χ4n) is 3.22. The molecule has 1 aliphatic carbocycles. The average molecular weight is 387 g/mol. The summed E-state index contributed by atoms with van der Waals surface area (Å²) >= 11 is 1.40. The largest absolute Gasteiger partial charge is 0.448 e. The highest BCUT2D eigenvalue weighted by Gasteiger charge is 2.24. The molecule has 1 N–H and O–H groups in total. The Morgan fingerprint density at radius 2 is 1.93 bits per heavy atom. The van der Waals surface area contributed by atoms with Crippen molar-refractivity contribution in [1.82, 2.24) is 10.3 Å². The van der Waals surface area contributed by atoms with E-state index in [0.717, 1.165) is 42.7 Å². The van der Waals surface area contributed by atoms with Crippen LogP contribution in [0, 0.1) is 0 Å². The minimum atomic E-state index is -0.826. The maximum absolute atomic E-state index is 12.3. The molecule has 2 aromatic rings. The van der Waals surface area contributed by atoms with E-state index in [9.17, 15) is 9.59 Å². The van der Waals surface area contributed by atoms with Crippen LogP contribution in [0.5, 0.6) is 0 Å². The van der Waals surface area contributed by atoms with Gasteiger partial charge in [-0.3, -0.25) is 4.79 Å². The van der Waals surface area contributed by atoms with Crippen LogP contribution in [0.15, 0.2) is 29.6 Å². The van der Waals surface area contributed by atoms with Crippen LogP contribution in [-0.2, 0) is 16.0 Å². The van der Waals surface area contributed by atoms with Crippen LogP contribution >= 0.6 is 11.3 Å². The molecule has 1 aliphatic rings. The molecular weight excluding hydrogens is 360 g/mol. The third-order valence-electron chi connectivity index (χ3n) is 4.93. The van der Waals surface area contributed by atoms with Gasteiger partial charge in [-0.25, -0.2) is 9.78 Å². The zero-order valence-electron chi connectivity index (χ0n) is 15.9. The van der Waals surface area contributed by atoms with Gasteiger partial charge in [-0.1, -0.05) is 50.5 Å². The first-order valence-electron chi connectivity index (χ1n) is 9.63. The summed E-state index contributed by atoms with van der Waals surface area (Å²) < 4.78 is 5.32. The summed E-state index contributed by atoms with van der Waals surface area (Å²) in [6, 6.07) is 8.34.